The van der Waals surface area contributed by atoms with E-state index in [4.69, 9.17) is 18.9 Å². The van der Waals surface area contributed by atoms with Crippen LogP contribution in [0.15, 0.2) is 55.0 Å². The summed E-state index contributed by atoms with van der Waals surface area (Å²) < 4.78 is 24.4. The molecule has 4 amide bonds. The van der Waals surface area contributed by atoms with Crippen molar-refractivity contribution >= 4 is 36.0 Å². The molecule has 3 saturated heterocycles. The third-order valence-electron chi connectivity index (χ3n) is 11.3. The maximum Gasteiger partial charge on any atom is 0.255 e. The normalized spacial score (nSPS) is 18.6. The van der Waals surface area contributed by atoms with Crippen molar-refractivity contribution in [2.24, 2.45) is 0 Å². The number of carbonyl (C=O) groups excluding carboxylic acids is 5. The van der Waals surface area contributed by atoms with Crippen LogP contribution in [0.25, 0.3) is 5.57 Å². The molecule has 4 heterocycles. The molecule has 0 radical (unpaired) electrons. The highest BCUT2D eigenvalue weighted by Crippen LogP contribution is 2.38. The minimum Gasteiger partial charge on any atom is -0.496 e. The highest BCUT2D eigenvalue weighted by Gasteiger charge is 2.40. The Morgan fingerprint density at radius 1 is 1.02 bits per heavy atom. The first-order valence-electron chi connectivity index (χ1n) is 19.4. The quantitative estimate of drug-likeness (QED) is 0.177. The molecular formula is C43H52N6O9. The lowest BCUT2D eigenvalue weighted by Gasteiger charge is -2.47. The van der Waals surface area contributed by atoms with E-state index in [0.717, 1.165) is 73.3 Å². The molecule has 1 spiro atoms. The van der Waals surface area contributed by atoms with Crippen molar-refractivity contribution in [1.82, 2.24) is 29.9 Å². The molecule has 0 saturated carbocycles. The van der Waals surface area contributed by atoms with Crippen LogP contribution in [-0.2, 0) is 25.7 Å². The molecule has 0 aliphatic carbocycles. The number of carbonyl (C=O) groups is 5. The molecule has 15 nitrogen and oxygen atoms in total. The number of likely N-dealkylation sites (N-methyl/N-ethyl adjacent to an activating group) is 1. The molecule has 6 rings (SSSR count). The Kier molecular flexibility index (Phi) is 13.6. The number of aldehydes is 1. The van der Waals surface area contributed by atoms with Crippen LogP contribution in [0, 0.1) is 6.92 Å². The van der Waals surface area contributed by atoms with Gasteiger partial charge in [-0.15, -0.1) is 0 Å². The van der Waals surface area contributed by atoms with E-state index in [1.807, 2.05) is 25.1 Å². The fourth-order valence-corrected chi connectivity index (χ4v) is 7.96. The van der Waals surface area contributed by atoms with Crippen molar-refractivity contribution in [3.63, 3.8) is 0 Å². The number of pyridine rings is 1. The Hall–Kier alpha value is -5.64. The first-order chi connectivity index (χ1) is 28.0. The third kappa shape index (κ3) is 9.55. The molecule has 308 valence electrons. The van der Waals surface area contributed by atoms with Crippen LogP contribution in [0.5, 0.6) is 17.2 Å². The number of amides is 4. The maximum atomic E-state index is 13.2. The number of nitrogens with one attached hydrogen (secondary N) is 1. The molecule has 3 aromatic rings. The molecule has 3 aliphatic rings. The highest BCUT2D eigenvalue weighted by atomic mass is 16.5. The second-order valence-corrected chi connectivity index (χ2v) is 15.0. The van der Waals surface area contributed by atoms with E-state index < -0.39 is 17.9 Å². The van der Waals surface area contributed by atoms with Gasteiger partial charge in [0.15, 0.2) is 6.29 Å². The Balaban J connectivity index is 1.05. The zero-order valence-electron chi connectivity index (χ0n) is 33.8. The van der Waals surface area contributed by atoms with E-state index in [9.17, 15) is 24.0 Å². The second kappa shape index (κ2) is 18.7. The van der Waals surface area contributed by atoms with Gasteiger partial charge >= 0.3 is 0 Å². The van der Waals surface area contributed by atoms with Gasteiger partial charge in [-0.1, -0.05) is 0 Å². The highest BCUT2D eigenvalue weighted by molar-refractivity contribution is 6.06. The third-order valence-corrected chi connectivity index (χ3v) is 11.3. The van der Waals surface area contributed by atoms with Gasteiger partial charge in [0.1, 0.15) is 29.9 Å². The average molecular weight is 797 g/mol. The van der Waals surface area contributed by atoms with Crippen LogP contribution >= 0.6 is 0 Å². The van der Waals surface area contributed by atoms with E-state index in [-0.39, 0.29) is 35.5 Å². The zero-order valence-corrected chi connectivity index (χ0v) is 33.8. The fraction of sp³-hybridized carbons (Fsp3) is 0.442. The summed E-state index contributed by atoms with van der Waals surface area (Å²) >= 11 is 0. The van der Waals surface area contributed by atoms with Crippen molar-refractivity contribution in [2.45, 2.75) is 50.8 Å². The van der Waals surface area contributed by atoms with Crippen molar-refractivity contribution in [2.75, 3.05) is 74.3 Å². The summed E-state index contributed by atoms with van der Waals surface area (Å²) in [5.74, 6) is 0.479. The number of hydrogen-bond acceptors (Lipinski definition) is 12. The number of rotatable bonds is 15. The number of aromatic nitrogens is 1. The molecule has 2 aromatic carbocycles. The number of ether oxygens (including phenoxy) is 4. The number of hydrogen-bond donors (Lipinski definition) is 1. The molecule has 1 aromatic heterocycles. The first kappa shape index (κ1) is 42.0. The number of morpholine rings is 1. The van der Waals surface area contributed by atoms with Crippen molar-refractivity contribution in [3.8, 4) is 17.2 Å². The maximum absolute atomic E-state index is 13.2. The lowest BCUT2D eigenvalue weighted by Crippen LogP contribution is -2.57. The summed E-state index contributed by atoms with van der Waals surface area (Å²) in [5, 5.41) is 2.26. The molecule has 15 heteroatoms. The van der Waals surface area contributed by atoms with E-state index in [1.54, 1.807) is 45.9 Å². The number of nitrogens with zero attached hydrogens (tertiary/aromatic N) is 5. The Labute approximate surface area is 338 Å². The van der Waals surface area contributed by atoms with E-state index in [2.05, 4.69) is 20.1 Å². The van der Waals surface area contributed by atoms with Gasteiger partial charge in [0.25, 0.3) is 5.91 Å². The SMILES string of the molecule is COc1cc(/C(=C/N(C)C=O)c2ccncc2C)cc(OC)c1CN1CCC2(CC1)CN(CCOc1ccc(C(=O)N(C)C3CCC(=O)NC3=O)c(C=O)c1)CCO2. The summed E-state index contributed by atoms with van der Waals surface area (Å²) in [4.78, 5) is 72.5. The van der Waals surface area contributed by atoms with Crippen molar-refractivity contribution < 1.29 is 42.9 Å². The largest absolute Gasteiger partial charge is 0.496 e. The molecule has 0 bridgehead atoms. The number of methoxy groups -OCH3 is 2. The van der Waals surface area contributed by atoms with Crippen LogP contribution in [-0.4, -0.2) is 141 Å². The van der Waals surface area contributed by atoms with E-state index in [0.29, 0.717) is 49.8 Å². The lowest BCUT2D eigenvalue weighted by molar-refractivity contribution is -0.137. The predicted octanol–water partition coefficient (Wildman–Crippen LogP) is 3.32. The van der Waals surface area contributed by atoms with Gasteiger partial charge in [-0.25, -0.2) is 0 Å². The monoisotopic (exact) mass is 796 g/mol. The topological polar surface area (TPSA) is 160 Å². The second-order valence-electron chi connectivity index (χ2n) is 15.0. The number of benzene rings is 2. The minimum atomic E-state index is -0.794. The number of piperidine rings is 2. The Morgan fingerprint density at radius 3 is 2.41 bits per heavy atom. The summed E-state index contributed by atoms with van der Waals surface area (Å²) in [6, 6.07) is 9.85. The van der Waals surface area contributed by atoms with Crippen molar-refractivity contribution in [1.29, 1.82) is 0 Å². The number of aryl methyl sites for hydroxylation is 1. The molecule has 3 fully saturated rings. The van der Waals surface area contributed by atoms with E-state index in [1.165, 1.54) is 29.0 Å². The number of likely N-dealkylation sites (tertiary alicyclic amines) is 1. The van der Waals surface area contributed by atoms with Gasteiger partial charge < -0.3 is 28.7 Å². The van der Waals surface area contributed by atoms with Crippen molar-refractivity contribution in [3.05, 3.63) is 88.4 Å². The number of imide groups is 1. The minimum absolute atomic E-state index is 0.142. The van der Waals surface area contributed by atoms with Gasteiger partial charge in [0, 0.05) is 89.5 Å². The fourth-order valence-electron chi connectivity index (χ4n) is 7.96. The molecule has 58 heavy (non-hydrogen) atoms. The zero-order chi connectivity index (χ0) is 41.4. The van der Waals surface area contributed by atoms with Crippen LogP contribution in [0.1, 0.15) is 68.7 Å². The standard InChI is InChI=1S/C43H52N6O9/c1-29-23-44-13-10-33(29)35(24-46(2)28-51)30-21-38(55-4)36(39(22-30)56-5)25-48-14-11-43(12-15-48)27-49(17-19-58-43)16-18-57-32-6-7-34(31(20-32)26-50)42(54)47(3)37-8-9-40(52)45-41(37)53/h6-7,10,13,20-24,26,28,37H,8-9,11-12,14-19,25,27H2,1-5H3,(H,45,52,53)/b35-24-. The predicted molar refractivity (Wildman–Crippen MR) is 215 cm³/mol. The molecule has 1 atom stereocenters. The summed E-state index contributed by atoms with van der Waals surface area (Å²) in [6.07, 6.45) is 8.76. The molecule has 1 N–H and O–H groups in total. The van der Waals surface area contributed by atoms with Crippen LogP contribution in [0.2, 0.25) is 0 Å². The van der Waals surface area contributed by atoms with Gasteiger partial charge in [-0.3, -0.25) is 44.1 Å². The summed E-state index contributed by atoms with van der Waals surface area (Å²) in [5.41, 5.74) is 4.60. The lowest BCUT2D eigenvalue weighted by atomic mass is 9.89. The van der Waals surface area contributed by atoms with Crippen LogP contribution in [0.4, 0.5) is 0 Å². The Morgan fingerprint density at radius 2 is 1.76 bits per heavy atom. The Bertz CT molecular complexity index is 2020. The first-order valence-corrected chi connectivity index (χ1v) is 19.4. The summed E-state index contributed by atoms with van der Waals surface area (Å²) in [6.45, 7) is 7.44. The molecule has 3 aliphatic heterocycles. The van der Waals surface area contributed by atoms with Crippen LogP contribution in [0.3, 0.4) is 0 Å². The van der Waals surface area contributed by atoms with E-state index >= 15 is 0 Å². The smallest absolute Gasteiger partial charge is 0.255 e. The molecular weight excluding hydrogens is 745 g/mol. The summed E-state index contributed by atoms with van der Waals surface area (Å²) in [7, 11) is 6.50. The van der Waals surface area contributed by atoms with Gasteiger partial charge in [-0.05, 0) is 79.3 Å². The van der Waals surface area contributed by atoms with Gasteiger partial charge in [-0.2, -0.15) is 0 Å². The van der Waals surface area contributed by atoms with Gasteiger partial charge in [0.2, 0.25) is 18.2 Å². The van der Waals surface area contributed by atoms with Crippen LogP contribution < -0.4 is 19.5 Å². The average Bonchev–Trinajstić information content (AvgIpc) is 3.23. The molecule has 1 unspecified atom stereocenters. The van der Waals surface area contributed by atoms with Gasteiger partial charge in [0.05, 0.1) is 37.6 Å².